The molecule has 1 aliphatic rings. The molecule has 0 fully saturated rings. The van der Waals surface area contributed by atoms with Gasteiger partial charge in [-0.1, -0.05) is 29.8 Å². The molecule has 3 heterocycles. The van der Waals surface area contributed by atoms with E-state index in [0.717, 1.165) is 11.1 Å². The summed E-state index contributed by atoms with van der Waals surface area (Å²) in [5, 5.41) is 0.431. The first-order valence-corrected chi connectivity index (χ1v) is 10.4. The Morgan fingerprint density at radius 3 is 2.61 bits per heavy atom. The lowest BCUT2D eigenvalue weighted by molar-refractivity contribution is 0.0599. The van der Waals surface area contributed by atoms with Gasteiger partial charge in [-0.15, -0.1) is 0 Å². The van der Waals surface area contributed by atoms with Gasteiger partial charge in [0.2, 0.25) is 5.76 Å². The minimum Gasteiger partial charge on any atom is -0.465 e. The zero-order valence-corrected chi connectivity index (χ0v) is 18.1. The third kappa shape index (κ3) is 3.47. The van der Waals surface area contributed by atoms with Gasteiger partial charge in [0.25, 0.3) is 5.91 Å². The summed E-state index contributed by atoms with van der Waals surface area (Å²) >= 11 is 0. The number of carbonyl (C=O) groups excluding carboxylic acids is 2. The Morgan fingerprint density at radius 1 is 1.12 bits per heavy atom. The lowest BCUT2D eigenvalue weighted by atomic mass is 9.97. The molecule has 0 bridgehead atoms. The molecule has 164 valence electrons. The van der Waals surface area contributed by atoms with Crippen molar-refractivity contribution in [2.75, 3.05) is 7.11 Å². The van der Waals surface area contributed by atoms with Crippen molar-refractivity contribution in [2.45, 2.75) is 19.5 Å². The second-order valence-corrected chi connectivity index (χ2v) is 7.98. The van der Waals surface area contributed by atoms with E-state index in [1.165, 1.54) is 7.11 Å². The van der Waals surface area contributed by atoms with Crippen LogP contribution in [0.25, 0.3) is 11.0 Å². The van der Waals surface area contributed by atoms with Crippen LogP contribution in [-0.4, -0.2) is 28.9 Å². The van der Waals surface area contributed by atoms with Crippen LogP contribution in [0.5, 0.6) is 0 Å². The van der Waals surface area contributed by atoms with Gasteiger partial charge in [0.15, 0.2) is 5.43 Å². The SMILES string of the molecule is COC(=O)c1ccc([C@@H]2c3c(oc4ccc(C)cc4c3=O)C(=O)N2Cc2cccnc2)cc1. The molecule has 1 atom stereocenters. The van der Waals surface area contributed by atoms with E-state index < -0.39 is 12.0 Å². The highest BCUT2D eigenvalue weighted by Gasteiger charge is 2.42. The molecule has 33 heavy (non-hydrogen) atoms. The zero-order chi connectivity index (χ0) is 23.1. The Morgan fingerprint density at radius 2 is 1.91 bits per heavy atom. The number of aromatic nitrogens is 1. The average Bonchev–Trinajstić information content (AvgIpc) is 3.11. The average molecular weight is 440 g/mol. The number of amides is 1. The quantitative estimate of drug-likeness (QED) is 0.445. The van der Waals surface area contributed by atoms with Crippen molar-refractivity contribution in [1.82, 2.24) is 9.88 Å². The number of benzene rings is 2. The maximum absolute atomic E-state index is 13.6. The summed E-state index contributed by atoms with van der Waals surface area (Å²) in [6.45, 7) is 2.14. The summed E-state index contributed by atoms with van der Waals surface area (Å²) in [4.78, 5) is 44.7. The number of fused-ring (bicyclic) bond motifs is 2. The number of ether oxygens (including phenoxy) is 1. The van der Waals surface area contributed by atoms with Crippen LogP contribution in [-0.2, 0) is 11.3 Å². The predicted octanol–water partition coefficient (Wildman–Crippen LogP) is 4.03. The van der Waals surface area contributed by atoms with Crippen molar-refractivity contribution in [1.29, 1.82) is 0 Å². The highest BCUT2D eigenvalue weighted by Crippen LogP contribution is 2.39. The van der Waals surface area contributed by atoms with Crippen molar-refractivity contribution in [2.24, 2.45) is 0 Å². The molecule has 7 heteroatoms. The number of carbonyl (C=O) groups is 2. The highest BCUT2D eigenvalue weighted by molar-refractivity contribution is 5.99. The predicted molar refractivity (Wildman–Crippen MR) is 121 cm³/mol. The fourth-order valence-corrected chi connectivity index (χ4v) is 4.25. The Balaban J connectivity index is 1.70. The lowest BCUT2D eigenvalue weighted by Gasteiger charge is -2.25. The normalized spacial score (nSPS) is 15.0. The van der Waals surface area contributed by atoms with Crippen molar-refractivity contribution >= 4 is 22.8 Å². The standard InChI is InChI=1S/C26H20N2O5/c1-15-5-10-20-19(12-15)23(29)21-22(17-6-8-18(9-7-17)26(31)32-2)28(25(30)24(21)33-20)14-16-4-3-11-27-13-16/h3-13,22H,14H2,1-2H3/t22-/m1/s1. The van der Waals surface area contributed by atoms with Gasteiger partial charge >= 0.3 is 5.97 Å². The Bertz CT molecular complexity index is 1440. The van der Waals surface area contributed by atoms with Crippen LogP contribution in [0.4, 0.5) is 0 Å². The fraction of sp³-hybridized carbons (Fsp3) is 0.154. The lowest BCUT2D eigenvalue weighted by Crippen LogP contribution is -2.29. The number of methoxy groups -OCH3 is 1. The Hall–Kier alpha value is -4.26. The van der Waals surface area contributed by atoms with E-state index >= 15 is 0 Å². The van der Waals surface area contributed by atoms with Crippen molar-refractivity contribution in [3.8, 4) is 0 Å². The molecule has 2 aromatic heterocycles. The van der Waals surface area contributed by atoms with Crippen molar-refractivity contribution < 1.29 is 18.7 Å². The minimum atomic E-state index is -0.666. The molecule has 0 spiro atoms. The molecule has 0 aliphatic carbocycles. The first-order valence-electron chi connectivity index (χ1n) is 10.4. The Labute approximate surface area is 189 Å². The van der Waals surface area contributed by atoms with E-state index in [4.69, 9.17) is 9.15 Å². The molecule has 7 nitrogen and oxygen atoms in total. The maximum atomic E-state index is 13.6. The van der Waals surface area contributed by atoms with Gasteiger partial charge < -0.3 is 14.1 Å². The van der Waals surface area contributed by atoms with Crippen LogP contribution in [0.2, 0.25) is 0 Å². The minimum absolute atomic E-state index is 0.0438. The first-order chi connectivity index (χ1) is 16.0. The third-order valence-corrected chi connectivity index (χ3v) is 5.84. The van der Waals surface area contributed by atoms with E-state index in [2.05, 4.69) is 4.98 Å². The second-order valence-electron chi connectivity index (χ2n) is 7.98. The summed E-state index contributed by atoms with van der Waals surface area (Å²) in [5.74, 6) is -0.782. The van der Waals surface area contributed by atoms with Crippen LogP contribution in [0.1, 0.15) is 49.2 Å². The summed E-state index contributed by atoms with van der Waals surface area (Å²) in [7, 11) is 1.32. The summed E-state index contributed by atoms with van der Waals surface area (Å²) in [5.41, 5.74) is 3.25. The van der Waals surface area contributed by atoms with Gasteiger partial charge in [0, 0.05) is 18.9 Å². The topological polar surface area (TPSA) is 89.7 Å². The molecular formula is C26H20N2O5. The molecule has 2 aromatic carbocycles. The third-order valence-electron chi connectivity index (χ3n) is 5.84. The van der Waals surface area contributed by atoms with Crippen LogP contribution in [0.3, 0.4) is 0 Å². The van der Waals surface area contributed by atoms with Gasteiger partial charge in [-0.2, -0.15) is 0 Å². The van der Waals surface area contributed by atoms with E-state index in [-0.39, 0.29) is 23.6 Å². The molecule has 5 rings (SSSR count). The molecule has 1 amide bonds. The van der Waals surface area contributed by atoms with Crippen LogP contribution in [0, 0.1) is 6.92 Å². The van der Waals surface area contributed by atoms with Crippen molar-refractivity contribution in [3.63, 3.8) is 0 Å². The van der Waals surface area contributed by atoms with Gasteiger partial charge in [-0.3, -0.25) is 14.6 Å². The van der Waals surface area contributed by atoms with Gasteiger partial charge in [0.05, 0.1) is 29.7 Å². The van der Waals surface area contributed by atoms with Gasteiger partial charge in [0.1, 0.15) is 5.58 Å². The first kappa shape index (κ1) is 20.6. The number of aryl methyl sites for hydroxylation is 1. The van der Waals surface area contributed by atoms with Crippen LogP contribution < -0.4 is 5.43 Å². The van der Waals surface area contributed by atoms with E-state index in [1.54, 1.807) is 59.8 Å². The number of nitrogens with zero attached hydrogens (tertiary/aromatic N) is 2. The number of esters is 1. The summed E-state index contributed by atoms with van der Waals surface area (Å²) < 4.78 is 10.7. The van der Waals surface area contributed by atoms with Crippen LogP contribution in [0.15, 0.2) is 76.2 Å². The summed E-state index contributed by atoms with van der Waals surface area (Å²) in [6, 6.07) is 15.0. The zero-order valence-electron chi connectivity index (χ0n) is 18.1. The fourth-order valence-electron chi connectivity index (χ4n) is 4.25. The molecule has 0 saturated carbocycles. The number of hydrogen-bond donors (Lipinski definition) is 0. The van der Waals surface area contributed by atoms with E-state index in [9.17, 15) is 14.4 Å². The van der Waals surface area contributed by atoms with Gasteiger partial charge in [-0.05, 0) is 48.4 Å². The largest absolute Gasteiger partial charge is 0.465 e. The molecule has 0 N–H and O–H groups in total. The molecule has 0 radical (unpaired) electrons. The van der Waals surface area contributed by atoms with E-state index in [0.29, 0.717) is 27.7 Å². The second kappa shape index (κ2) is 8.02. The number of hydrogen-bond acceptors (Lipinski definition) is 6. The maximum Gasteiger partial charge on any atom is 0.337 e. The van der Waals surface area contributed by atoms with Gasteiger partial charge in [-0.25, -0.2) is 4.79 Å². The highest BCUT2D eigenvalue weighted by atomic mass is 16.5. The summed E-state index contributed by atoms with van der Waals surface area (Å²) in [6.07, 6.45) is 3.34. The molecule has 0 unspecified atom stereocenters. The smallest absolute Gasteiger partial charge is 0.337 e. The molecule has 1 aliphatic heterocycles. The van der Waals surface area contributed by atoms with E-state index in [1.807, 2.05) is 19.1 Å². The monoisotopic (exact) mass is 440 g/mol. The molecular weight excluding hydrogens is 420 g/mol. The molecule has 0 saturated heterocycles. The number of rotatable bonds is 4. The number of pyridine rings is 1. The Kier molecular flexibility index (Phi) is 5.01. The van der Waals surface area contributed by atoms with Crippen LogP contribution >= 0.6 is 0 Å². The molecule has 4 aromatic rings. The van der Waals surface area contributed by atoms with Crippen molar-refractivity contribution in [3.05, 3.63) is 111 Å².